The van der Waals surface area contributed by atoms with Crippen LogP contribution in [-0.4, -0.2) is 47.5 Å². The van der Waals surface area contributed by atoms with Crippen LogP contribution in [0.1, 0.15) is 23.7 Å². The number of methoxy groups -OCH3 is 1. The van der Waals surface area contributed by atoms with E-state index < -0.39 is 0 Å². The minimum absolute atomic E-state index is 0.267. The largest absolute Gasteiger partial charge is 0.380 e. The molecule has 0 radical (unpaired) electrons. The number of aromatic nitrogens is 2. The van der Waals surface area contributed by atoms with Crippen LogP contribution in [0.4, 0.5) is 0 Å². The summed E-state index contributed by atoms with van der Waals surface area (Å²) in [6.07, 6.45) is 3.51. The predicted octanol–water partition coefficient (Wildman–Crippen LogP) is 0.449. The molecule has 1 aliphatic heterocycles. The van der Waals surface area contributed by atoms with Gasteiger partial charge in [0, 0.05) is 45.6 Å². The van der Waals surface area contributed by atoms with Gasteiger partial charge in [0.15, 0.2) is 0 Å². The van der Waals surface area contributed by atoms with Gasteiger partial charge in [-0.25, -0.2) is 0 Å². The summed E-state index contributed by atoms with van der Waals surface area (Å²) in [6.45, 7) is 4.69. The third kappa shape index (κ3) is 2.51. The maximum atomic E-state index is 5.93. The van der Waals surface area contributed by atoms with Gasteiger partial charge in [-0.2, -0.15) is 5.10 Å². The summed E-state index contributed by atoms with van der Waals surface area (Å²) in [5.74, 6) is 0. The van der Waals surface area contributed by atoms with Gasteiger partial charge in [0.25, 0.3) is 0 Å². The summed E-state index contributed by atoms with van der Waals surface area (Å²) in [6, 6.07) is 0.267. The van der Waals surface area contributed by atoms with E-state index in [9.17, 15) is 0 Å². The molecular formula is C12H22N4O. The molecule has 1 aromatic rings. The molecule has 1 fully saturated rings. The van der Waals surface area contributed by atoms with Gasteiger partial charge >= 0.3 is 0 Å². The Hall–Kier alpha value is -0.910. The molecule has 0 saturated carbocycles. The summed E-state index contributed by atoms with van der Waals surface area (Å²) in [5.41, 5.74) is 8.25. The first-order chi connectivity index (χ1) is 8.15. The Morgan fingerprint density at radius 1 is 1.65 bits per heavy atom. The van der Waals surface area contributed by atoms with Gasteiger partial charge in [0.2, 0.25) is 0 Å². The van der Waals surface area contributed by atoms with E-state index in [0.717, 1.165) is 25.2 Å². The Balaban J connectivity index is 2.14. The number of rotatable bonds is 4. The predicted molar refractivity (Wildman–Crippen MR) is 66.7 cm³/mol. The normalized spacial score (nSPS) is 23.2. The lowest BCUT2D eigenvalue weighted by atomic mass is 10.1. The molecule has 0 spiro atoms. The fraction of sp³-hybridized carbons (Fsp3) is 0.750. The molecule has 0 bridgehead atoms. The van der Waals surface area contributed by atoms with Crippen LogP contribution in [0.15, 0.2) is 6.20 Å². The van der Waals surface area contributed by atoms with Crippen molar-refractivity contribution < 1.29 is 4.74 Å². The number of aryl methyl sites for hydroxylation is 2. The molecule has 17 heavy (non-hydrogen) atoms. The quantitative estimate of drug-likeness (QED) is 0.827. The Kier molecular flexibility index (Phi) is 3.81. The fourth-order valence-corrected chi connectivity index (χ4v) is 2.65. The number of nitrogens with zero attached hydrogens (tertiary/aromatic N) is 3. The first-order valence-corrected chi connectivity index (χ1v) is 6.12. The number of ether oxygens (including phenoxy) is 1. The molecule has 1 aromatic heterocycles. The van der Waals surface area contributed by atoms with Crippen molar-refractivity contribution in [3.63, 3.8) is 0 Å². The van der Waals surface area contributed by atoms with Crippen molar-refractivity contribution in [3.8, 4) is 0 Å². The molecule has 2 rings (SSSR count). The smallest absolute Gasteiger partial charge is 0.0710 e. The van der Waals surface area contributed by atoms with Gasteiger partial charge in [-0.1, -0.05) is 0 Å². The van der Waals surface area contributed by atoms with Crippen LogP contribution in [0.5, 0.6) is 0 Å². The number of hydrogen-bond acceptors (Lipinski definition) is 4. The third-order valence-corrected chi connectivity index (χ3v) is 3.58. The molecule has 96 valence electrons. The molecular weight excluding hydrogens is 216 g/mol. The summed E-state index contributed by atoms with van der Waals surface area (Å²) in [4.78, 5) is 2.40. The van der Waals surface area contributed by atoms with E-state index in [-0.39, 0.29) is 6.04 Å². The topological polar surface area (TPSA) is 56.3 Å². The molecule has 0 aliphatic carbocycles. The molecule has 1 aliphatic rings. The highest BCUT2D eigenvalue weighted by Crippen LogP contribution is 2.26. The van der Waals surface area contributed by atoms with Gasteiger partial charge in [-0.3, -0.25) is 9.58 Å². The van der Waals surface area contributed by atoms with Gasteiger partial charge in [0.05, 0.1) is 17.8 Å². The van der Waals surface area contributed by atoms with Crippen molar-refractivity contribution in [1.82, 2.24) is 14.7 Å². The lowest BCUT2D eigenvalue weighted by Crippen LogP contribution is -2.33. The van der Waals surface area contributed by atoms with Crippen LogP contribution in [0.3, 0.4) is 0 Å². The van der Waals surface area contributed by atoms with E-state index >= 15 is 0 Å². The van der Waals surface area contributed by atoms with Crippen molar-refractivity contribution in [2.45, 2.75) is 25.5 Å². The average Bonchev–Trinajstić information content (AvgIpc) is 2.88. The van der Waals surface area contributed by atoms with E-state index in [1.54, 1.807) is 7.11 Å². The molecule has 1 saturated heterocycles. The highest BCUT2D eigenvalue weighted by atomic mass is 16.5. The van der Waals surface area contributed by atoms with Crippen molar-refractivity contribution >= 4 is 0 Å². The number of hydrogen-bond donors (Lipinski definition) is 1. The Labute approximate surface area is 103 Å². The maximum Gasteiger partial charge on any atom is 0.0710 e. The Bertz CT molecular complexity index is 377. The number of likely N-dealkylation sites (tertiary alicyclic amines) is 1. The zero-order valence-electron chi connectivity index (χ0n) is 10.9. The first kappa shape index (κ1) is 12.5. The van der Waals surface area contributed by atoms with E-state index in [1.807, 2.05) is 18.7 Å². The minimum atomic E-state index is 0.267. The second kappa shape index (κ2) is 5.16. The summed E-state index contributed by atoms with van der Waals surface area (Å²) in [5, 5.41) is 4.39. The number of nitrogens with two attached hydrogens (primary N) is 1. The molecule has 2 N–H and O–H groups in total. The van der Waals surface area contributed by atoms with Gasteiger partial charge < -0.3 is 10.5 Å². The highest BCUT2D eigenvalue weighted by molar-refractivity contribution is 5.21. The van der Waals surface area contributed by atoms with Crippen molar-refractivity contribution in [1.29, 1.82) is 0 Å². The van der Waals surface area contributed by atoms with E-state index in [1.165, 1.54) is 5.56 Å². The van der Waals surface area contributed by atoms with E-state index in [4.69, 9.17) is 10.5 Å². The zero-order chi connectivity index (χ0) is 12.4. The lowest BCUT2D eigenvalue weighted by Gasteiger charge is -2.26. The van der Waals surface area contributed by atoms with Gasteiger partial charge in [0.1, 0.15) is 0 Å². The molecule has 2 unspecified atom stereocenters. The van der Waals surface area contributed by atoms with Crippen molar-refractivity contribution in [2.75, 3.05) is 26.7 Å². The fourth-order valence-electron chi connectivity index (χ4n) is 2.65. The zero-order valence-corrected chi connectivity index (χ0v) is 10.9. The van der Waals surface area contributed by atoms with E-state index in [0.29, 0.717) is 12.6 Å². The van der Waals surface area contributed by atoms with Crippen LogP contribution in [-0.2, 0) is 11.8 Å². The first-order valence-electron chi connectivity index (χ1n) is 6.12. The Morgan fingerprint density at radius 3 is 2.88 bits per heavy atom. The maximum absolute atomic E-state index is 5.93. The van der Waals surface area contributed by atoms with Gasteiger partial charge in [-0.05, 0) is 13.3 Å². The van der Waals surface area contributed by atoms with Crippen LogP contribution < -0.4 is 5.73 Å². The monoisotopic (exact) mass is 238 g/mol. The van der Waals surface area contributed by atoms with Gasteiger partial charge in [-0.15, -0.1) is 0 Å². The average molecular weight is 238 g/mol. The molecule has 5 heteroatoms. The summed E-state index contributed by atoms with van der Waals surface area (Å²) in [7, 11) is 3.73. The van der Waals surface area contributed by atoms with Crippen molar-refractivity contribution in [2.24, 2.45) is 12.8 Å². The van der Waals surface area contributed by atoms with Crippen LogP contribution in [0, 0.1) is 6.92 Å². The van der Waals surface area contributed by atoms with Crippen LogP contribution in [0.25, 0.3) is 0 Å². The molecule has 0 amide bonds. The standard InChI is InChI=1S/C12H22N4O/c1-9-11(8-15(2)14-9)12(6-13)16-5-4-10(7-16)17-3/h8,10,12H,4-7,13H2,1-3H3. The minimum Gasteiger partial charge on any atom is -0.380 e. The molecule has 2 heterocycles. The van der Waals surface area contributed by atoms with Crippen LogP contribution in [0.2, 0.25) is 0 Å². The lowest BCUT2D eigenvalue weighted by molar-refractivity contribution is 0.101. The van der Waals surface area contributed by atoms with E-state index in [2.05, 4.69) is 16.2 Å². The molecule has 0 aromatic carbocycles. The highest BCUT2D eigenvalue weighted by Gasteiger charge is 2.29. The third-order valence-electron chi connectivity index (χ3n) is 3.58. The second-order valence-corrected chi connectivity index (χ2v) is 4.74. The summed E-state index contributed by atoms with van der Waals surface area (Å²) >= 11 is 0. The van der Waals surface area contributed by atoms with Crippen molar-refractivity contribution in [3.05, 3.63) is 17.5 Å². The summed E-state index contributed by atoms with van der Waals surface area (Å²) < 4.78 is 7.26. The Morgan fingerprint density at radius 2 is 2.41 bits per heavy atom. The SMILES string of the molecule is COC1CCN(C(CN)c2cn(C)nc2C)C1. The molecule has 2 atom stereocenters. The van der Waals surface area contributed by atoms with Crippen LogP contribution >= 0.6 is 0 Å². The molecule has 5 nitrogen and oxygen atoms in total. The second-order valence-electron chi connectivity index (χ2n) is 4.74.